The number of carbonyl (C=O) groups is 1. The first kappa shape index (κ1) is 12.2. The summed E-state index contributed by atoms with van der Waals surface area (Å²) in [6.07, 6.45) is 3.43. The standard InChI is InChI=1S/C13H16N4O/c1-9(2)17-8-12(7-15-17)16-13(18)10-4-3-5-11(14)6-10/h3-9H,14H2,1-2H3,(H,16,18). The number of aromatic nitrogens is 2. The molecule has 0 spiro atoms. The van der Waals surface area contributed by atoms with Gasteiger partial charge in [-0.05, 0) is 32.0 Å². The fourth-order valence-corrected chi connectivity index (χ4v) is 1.57. The molecule has 3 N–H and O–H groups in total. The van der Waals surface area contributed by atoms with Gasteiger partial charge in [-0.1, -0.05) is 6.07 Å². The molecule has 0 unspecified atom stereocenters. The number of rotatable bonds is 3. The molecule has 5 heteroatoms. The Balaban J connectivity index is 2.11. The van der Waals surface area contributed by atoms with E-state index in [2.05, 4.69) is 10.4 Å². The number of nitrogens with zero attached hydrogens (tertiary/aromatic N) is 2. The molecule has 0 bridgehead atoms. The van der Waals surface area contributed by atoms with E-state index < -0.39 is 0 Å². The molecule has 2 rings (SSSR count). The number of nitrogens with two attached hydrogens (primary N) is 1. The number of benzene rings is 1. The summed E-state index contributed by atoms with van der Waals surface area (Å²) in [4.78, 5) is 11.9. The highest BCUT2D eigenvalue weighted by molar-refractivity contribution is 6.04. The topological polar surface area (TPSA) is 72.9 Å². The predicted molar refractivity (Wildman–Crippen MR) is 71.4 cm³/mol. The van der Waals surface area contributed by atoms with Gasteiger partial charge in [-0.3, -0.25) is 9.48 Å². The van der Waals surface area contributed by atoms with Gasteiger partial charge in [-0.15, -0.1) is 0 Å². The number of nitrogen functional groups attached to an aromatic ring is 1. The van der Waals surface area contributed by atoms with Gasteiger partial charge in [0.05, 0.1) is 11.9 Å². The van der Waals surface area contributed by atoms with Crippen molar-refractivity contribution in [2.24, 2.45) is 0 Å². The number of hydrogen-bond acceptors (Lipinski definition) is 3. The molecule has 0 atom stereocenters. The van der Waals surface area contributed by atoms with E-state index in [4.69, 9.17) is 5.73 Å². The molecule has 0 saturated carbocycles. The van der Waals surface area contributed by atoms with Crippen molar-refractivity contribution in [1.29, 1.82) is 0 Å². The van der Waals surface area contributed by atoms with Crippen LogP contribution >= 0.6 is 0 Å². The van der Waals surface area contributed by atoms with Gasteiger partial charge in [-0.2, -0.15) is 5.10 Å². The van der Waals surface area contributed by atoms with Crippen LogP contribution in [0.4, 0.5) is 11.4 Å². The SMILES string of the molecule is CC(C)n1cc(NC(=O)c2cccc(N)c2)cn1. The summed E-state index contributed by atoms with van der Waals surface area (Å²) in [5, 5.41) is 6.94. The van der Waals surface area contributed by atoms with E-state index in [-0.39, 0.29) is 11.9 Å². The zero-order valence-electron chi connectivity index (χ0n) is 10.4. The second kappa shape index (κ2) is 4.91. The largest absolute Gasteiger partial charge is 0.399 e. The molecular formula is C13H16N4O. The number of hydrogen-bond donors (Lipinski definition) is 2. The maximum atomic E-state index is 11.9. The van der Waals surface area contributed by atoms with Gasteiger partial charge >= 0.3 is 0 Å². The van der Waals surface area contributed by atoms with Crippen LogP contribution in [0.3, 0.4) is 0 Å². The molecule has 1 amide bonds. The number of carbonyl (C=O) groups excluding carboxylic acids is 1. The molecule has 2 aromatic rings. The van der Waals surface area contributed by atoms with Gasteiger partial charge in [0.1, 0.15) is 0 Å². The highest BCUT2D eigenvalue weighted by Gasteiger charge is 2.08. The minimum atomic E-state index is -0.189. The lowest BCUT2D eigenvalue weighted by Gasteiger charge is -2.04. The van der Waals surface area contributed by atoms with Crippen LogP contribution in [0.2, 0.25) is 0 Å². The third kappa shape index (κ3) is 2.68. The smallest absolute Gasteiger partial charge is 0.255 e. The van der Waals surface area contributed by atoms with Crippen LogP contribution in [0.25, 0.3) is 0 Å². The lowest BCUT2D eigenvalue weighted by Crippen LogP contribution is -2.11. The zero-order chi connectivity index (χ0) is 13.1. The normalized spacial score (nSPS) is 10.6. The molecule has 0 aliphatic carbocycles. The van der Waals surface area contributed by atoms with Gasteiger partial charge in [0, 0.05) is 23.5 Å². The van der Waals surface area contributed by atoms with Crippen molar-refractivity contribution in [3.05, 3.63) is 42.2 Å². The number of anilines is 2. The lowest BCUT2D eigenvalue weighted by molar-refractivity contribution is 0.102. The Hall–Kier alpha value is -2.30. The average molecular weight is 244 g/mol. The quantitative estimate of drug-likeness (QED) is 0.814. The van der Waals surface area contributed by atoms with Crippen molar-refractivity contribution in [3.63, 3.8) is 0 Å². The van der Waals surface area contributed by atoms with Crippen LogP contribution in [0.1, 0.15) is 30.2 Å². The Morgan fingerprint density at radius 2 is 2.22 bits per heavy atom. The number of nitrogens with one attached hydrogen (secondary N) is 1. The van der Waals surface area contributed by atoms with E-state index in [0.29, 0.717) is 16.9 Å². The Morgan fingerprint density at radius 3 is 2.83 bits per heavy atom. The predicted octanol–water partition coefficient (Wildman–Crippen LogP) is 2.30. The Morgan fingerprint density at radius 1 is 1.44 bits per heavy atom. The molecule has 0 radical (unpaired) electrons. The second-order valence-corrected chi connectivity index (χ2v) is 4.38. The van der Waals surface area contributed by atoms with Crippen molar-refractivity contribution in [3.8, 4) is 0 Å². The molecule has 0 saturated heterocycles. The van der Waals surface area contributed by atoms with Gasteiger partial charge in [-0.25, -0.2) is 0 Å². The lowest BCUT2D eigenvalue weighted by atomic mass is 10.2. The van der Waals surface area contributed by atoms with E-state index in [1.807, 2.05) is 13.8 Å². The minimum absolute atomic E-state index is 0.189. The van der Waals surface area contributed by atoms with E-state index in [1.54, 1.807) is 41.3 Å². The Bertz CT molecular complexity index is 560. The molecule has 5 nitrogen and oxygen atoms in total. The summed E-state index contributed by atoms with van der Waals surface area (Å²) < 4.78 is 1.79. The molecule has 0 fully saturated rings. The van der Waals surface area contributed by atoms with E-state index in [0.717, 1.165) is 0 Å². The maximum absolute atomic E-state index is 11.9. The van der Waals surface area contributed by atoms with Gasteiger partial charge in [0.15, 0.2) is 0 Å². The van der Waals surface area contributed by atoms with Gasteiger partial charge in [0.25, 0.3) is 5.91 Å². The van der Waals surface area contributed by atoms with E-state index in [1.165, 1.54) is 0 Å². The van der Waals surface area contributed by atoms with Crippen molar-refractivity contribution in [2.45, 2.75) is 19.9 Å². The van der Waals surface area contributed by atoms with Crippen molar-refractivity contribution in [2.75, 3.05) is 11.1 Å². The molecule has 0 aliphatic rings. The van der Waals surface area contributed by atoms with Gasteiger partial charge in [0.2, 0.25) is 0 Å². The summed E-state index contributed by atoms with van der Waals surface area (Å²) >= 11 is 0. The van der Waals surface area contributed by atoms with Crippen molar-refractivity contribution >= 4 is 17.3 Å². The van der Waals surface area contributed by atoms with Gasteiger partial charge < -0.3 is 11.1 Å². The van der Waals surface area contributed by atoms with Crippen molar-refractivity contribution in [1.82, 2.24) is 9.78 Å². The average Bonchev–Trinajstić information content (AvgIpc) is 2.77. The number of amides is 1. The third-order valence-electron chi connectivity index (χ3n) is 2.54. The fraction of sp³-hybridized carbons (Fsp3) is 0.231. The molecule has 94 valence electrons. The first-order valence-corrected chi connectivity index (χ1v) is 5.77. The Kier molecular flexibility index (Phi) is 3.32. The van der Waals surface area contributed by atoms with Crippen LogP contribution < -0.4 is 11.1 Å². The van der Waals surface area contributed by atoms with Crippen LogP contribution in [-0.4, -0.2) is 15.7 Å². The maximum Gasteiger partial charge on any atom is 0.255 e. The second-order valence-electron chi connectivity index (χ2n) is 4.38. The zero-order valence-corrected chi connectivity index (χ0v) is 10.4. The first-order chi connectivity index (χ1) is 8.56. The minimum Gasteiger partial charge on any atom is -0.399 e. The molecular weight excluding hydrogens is 228 g/mol. The highest BCUT2D eigenvalue weighted by atomic mass is 16.1. The summed E-state index contributed by atoms with van der Waals surface area (Å²) in [7, 11) is 0. The first-order valence-electron chi connectivity index (χ1n) is 5.77. The molecule has 1 aromatic heterocycles. The van der Waals surface area contributed by atoms with Crippen molar-refractivity contribution < 1.29 is 4.79 Å². The summed E-state index contributed by atoms with van der Waals surface area (Å²) in [5.74, 6) is -0.189. The highest BCUT2D eigenvalue weighted by Crippen LogP contribution is 2.13. The molecule has 1 heterocycles. The Labute approximate surface area is 106 Å². The summed E-state index contributed by atoms with van der Waals surface area (Å²) in [6.45, 7) is 4.05. The van der Waals surface area contributed by atoms with Crippen LogP contribution in [-0.2, 0) is 0 Å². The van der Waals surface area contributed by atoms with E-state index in [9.17, 15) is 4.79 Å². The van der Waals surface area contributed by atoms with Crippen LogP contribution in [0.5, 0.6) is 0 Å². The van der Waals surface area contributed by atoms with Crippen LogP contribution in [0.15, 0.2) is 36.7 Å². The third-order valence-corrected chi connectivity index (χ3v) is 2.54. The molecule has 1 aromatic carbocycles. The summed E-state index contributed by atoms with van der Waals surface area (Å²) in [6, 6.07) is 7.12. The molecule has 0 aliphatic heterocycles. The van der Waals surface area contributed by atoms with E-state index >= 15 is 0 Å². The summed E-state index contributed by atoms with van der Waals surface area (Å²) in [5.41, 5.74) is 7.42. The monoisotopic (exact) mass is 244 g/mol. The fourth-order valence-electron chi connectivity index (χ4n) is 1.57. The van der Waals surface area contributed by atoms with Crippen LogP contribution in [0, 0.1) is 0 Å². The molecule has 18 heavy (non-hydrogen) atoms.